The molecule has 1 atom stereocenters. The minimum absolute atomic E-state index is 0.0836. The number of carboxylic acids is 1. The van der Waals surface area contributed by atoms with Crippen LogP contribution in [-0.2, 0) is 4.79 Å². The van der Waals surface area contributed by atoms with Gasteiger partial charge in [0.15, 0.2) is 6.04 Å². The number of anilines is 1. The molecule has 1 amide bonds. The van der Waals surface area contributed by atoms with E-state index in [0.29, 0.717) is 10.6 Å². The Labute approximate surface area is 112 Å². The maximum atomic E-state index is 11.3. The molecular weight excluding hydrogens is 266 g/mol. The van der Waals surface area contributed by atoms with Gasteiger partial charge in [0, 0.05) is 16.8 Å². The second-order valence-corrected chi connectivity index (χ2v) is 4.70. The highest BCUT2D eigenvalue weighted by atomic mass is 32.1. The first-order chi connectivity index (χ1) is 9.08. The average molecular weight is 277 g/mol. The van der Waals surface area contributed by atoms with Gasteiger partial charge in [0.05, 0.1) is 0 Å². The van der Waals surface area contributed by atoms with Gasteiger partial charge in [0.2, 0.25) is 0 Å². The number of nitrogens with one attached hydrogen (secondary N) is 1. The van der Waals surface area contributed by atoms with E-state index in [9.17, 15) is 14.7 Å². The normalized spacial score (nSPS) is 11.8. The molecule has 19 heavy (non-hydrogen) atoms. The summed E-state index contributed by atoms with van der Waals surface area (Å²) in [6, 6.07) is 5.64. The van der Waals surface area contributed by atoms with Crippen LogP contribution in [-0.4, -0.2) is 22.0 Å². The SMILES string of the molecule is NC(=O)c1cc(NC(C(=O)O)c2cccs2)ccn1. The molecule has 0 aliphatic heterocycles. The smallest absolute Gasteiger partial charge is 0.331 e. The largest absolute Gasteiger partial charge is 0.479 e. The topological polar surface area (TPSA) is 105 Å². The van der Waals surface area contributed by atoms with Crippen LogP contribution in [0.2, 0.25) is 0 Å². The summed E-state index contributed by atoms with van der Waals surface area (Å²) in [4.78, 5) is 26.7. The van der Waals surface area contributed by atoms with Crippen molar-refractivity contribution in [3.63, 3.8) is 0 Å². The Bertz CT molecular complexity index is 598. The second kappa shape index (κ2) is 5.49. The number of carboxylic acid groups (broad SMARTS) is 1. The lowest BCUT2D eigenvalue weighted by Crippen LogP contribution is -2.20. The van der Waals surface area contributed by atoms with Crippen LogP contribution in [0.1, 0.15) is 21.4 Å². The molecule has 0 saturated carbocycles. The summed E-state index contributed by atoms with van der Waals surface area (Å²) < 4.78 is 0. The van der Waals surface area contributed by atoms with E-state index >= 15 is 0 Å². The van der Waals surface area contributed by atoms with Crippen LogP contribution in [0.4, 0.5) is 5.69 Å². The van der Waals surface area contributed by atoms with Gasteiger partial charge in [0.1, 0.15) is 5.69 Å². The number of nitrogens with two attached hydrogens (primary N) is 1. The molecule has 0 fully saturated rings. The lowest BCUT2D eigenvalue weighted by Gasteiger charge is -2.14. The maximum Gasteiger partial charge on any atom is 0.331 e. The molecule has 7 heteroatoms. The number of pyridine rings is 1. The van der Waals surface area contributed by atoms with Gasteiger partial charge < -0.3 is 16.2 Å². The molecule has 98 valence electrons. The number of rotatable bonds is 5. The molecule has 1 unspecified atom stereocenters. The third-order valence-corrected chi connectivity index (χ3v) is 3.34. The van der Waals surface area contributed by atoms with Gasteiger partial charge in [-0.3, -0.25) is 9.78 Å². The summed E-state index contributed by atoms with van der Waals surface area (Å²) in [6.07, 6.45) is 1.40. The Morgan fingerprint density at radius 3 is 2.79 bits per heavy atom. The van der Waals surface area contributed by atoms with Crippen molar-refractivity contribution in [1.82, 2.24) is 4.98 Å². The quantitative estimate of drug-likeness (QED) is 0.767. The van der Waals surface area contributed by atoms with Gasteiger partial charge in [-0.2, -0.15) is 0 Å². The zero-order valence-electron chi connectivity index (χ0n) is 9.74. The standard InChI is InChI=1S/C12H11N3O3S/c13-11(16)8-6-7(3-4-14-8)15-10(12(17)18)9-2-1-5-19-9/h1-6,10H,(H2,13,16)(H,14,15)(H,17,18). The van der Waals surface area contributed by atoms with Crippen molar-refractivity contribution >= 4 is 28.9 Å². The number of carbonyl (C=O) groups excluding carboxylic acids is 1. The Hall–Kier alpha value is -2.41. The van der Waals surface area contributed by atoms with E-state index in [1.807, 2.05) is 0 Å². The van der Waals surface area contributed by atoms with Gasteiger partial charge in [-0.1, -0.05) is 6.07 Å². The van der Waals surface area contributed by atoms with Crippen LogP contribution in [0.25, 0.3) is 0 Å². The lowest BCUT2D eigenvalue weighted by atomic mass is 10.2. The molecule has 0 aliphatic rings. The Balaban J connectivity index is 2.25. The third-order valence-electron chi connectivity index (χ3n) is 2.40. The first-order valence-corrected chi connectivity index (χ1v) is 6.24. The molecule has 4 N–H and O–H groups in total. The van der Waals surface area contributed by atoms with Gasteiger partial charge in [-0.15, -0.1) is 11.3 Å². The van der Waals surface area contributed by atoms with Gasteiger partial charge in [-0.25, -0.2) is 4.79 Å². The van der Waals surface area contributed by atoms with Crippen molar-refractivity contribution in [3.8, 4) is 0 Å². The van der Waals surface area contributed by atoms with Gasteiger partial charge >= 0.3 is 5.97 Å². The summed E-state index contributed by atoms with van der Waals surface area (Å²) in [5.74, 6) is -1.66. The molecule has 0 saturated heterocycles. The van der Waals surface area contributed by atoms with Crippen LogP contribution in [0, 0.1) is 0 Å². The molecular formula is C12H11N3O3S. The number of thiophene rings is 1. The molecule has 2 rings (SSSR count). The number of carbonyl (C=O) groups is 2. The van der Waals surface area contributed by atoms with Crippen LogP contribution in [0.3, 0.4) is 0 Å². The fraction of sp³-hybridized carbons (Fsp3) is 0.0833. The summed E-state index contributed by atoms with van der Waals surface area (Å²) in [6.45, 7) is 0. The van der Waals surface area contributed by atoms with E-state index in [2.05, 4.69) is 10.3 Å². The fourth-order valence-corrected chi connectivity index (χ4v) is 2.30. The van der Waals surface area contributed by atoms with Gasteiger partial charge in [0.25, 0.3) is 5.91 Å². The highest BCUT2D eigenvalue weighted by molar-refractivity contribution is 7.10. The first-order valence-electron chi connectivity index (χ1n) is 5.36. The molecule has 0 radical (unpaired) electrons. The highest BCUT2D eigenvalue weighted by Crippen LogP contribution is 2.23. The second-order valence-electron chi connectivity index (χ2n) is 3.73. The molecule has 6 nitrogen and oxygen atoms in total. The molecule has 2 heterocycles. The maximum absolute atomic E-state index is 11.3. The Morgan fingerprint density at radius 2 is 2.21 bits per heavy atom. The van der Waals surface area contributed by atoms with E-state index in [1.54, 1.807) is 23.6 Å². The molecule has 0 aliphatic carbocycles. The summed E-state index contributed by atoms with van der Waals surface area (Å²) in [5.41, 5.74) is 5.68. The van der Waals surface area contributed by atoms with Crippen molar-refractivity contribution in [3.05, 3.63) is 46.4 Å². The number of aliphatic carboxylic acids is 1. The fourth-order valence-electron chi connectivity index (χ4n) is 1.53. The van der Waals surface area contributed by atoms with E-state index < -0.39 is 17.9 Å². The van der Waals surface area contributed by atoms with E-state index in [4.69, 9.17) is 5.73 Å². The molecule has 0 spiro atoms. The molecule has 0 bridgehead atoms. The first kappa shape index (κ1) is 13.0. The highest BCUT2D eigenvalue weighted by Gasteiger charge is 2.20. The molecule has 2 aromatic heterocycles. The number of nitrogens with zero attached hydrogens (tertiary/aromatic N) is 1. The minimum atomic E-state index is -1.00. The summed E-state index contributed by atoms with van der Waals surface area (Å²) >= 11 is 1.34. The monoisotopic (exact) mass is 277 g/mol. The van der Waals surface area contributed by atoms with E-state index in [0.717, 1.165) is 0 Å². The van der Waals surface area contributed by atoms with Crippen LogP contribution in [0.15, 0.2) is 35.8 Å². The Morgan fingerprint density at radius 1 is 1.42 bits per heavy atom. The van der Waals surface area contributed by atoms with Crippen molar-refractivity contribution in [1.29, 1.82) is 0 Å². The summed E-state index contributed by atoms with van der Waals surface area (Å²) in [5, 5.41) is 13.9. The minimum Gasteiger partial charge on any atom is -0.479 e. The molecule has 2 aromatic rings. The number of amides is 1. The van der Waals surface area contributed by atoms with E-state index in [1.165, 1.54) is 23.6 Å². The predicted molar refractivity (Wildman–Crippen MR) is 71.1 cm³/mol. The number of hydrogen-bond acceptors (Lipinski definition) is 5. The van der Waals surface area contributed by atoms with Crippen molar-refractivity contribution < 1.29 is 14.7 Å². The zero-order chi connectivity index (χ0) is 13.8. The van der Waals surface area contributed by atoms with Crippen molar-refractivity contribution in [2.24, 2.45) is 5.73 Å². The van der Waals surface area contributed by atoms with Crippen LogP contribution < -0.4 is 11.1 Å². The number of hydrogen-bond donors (Lipinski definition) is 3. The average Bonchev–Trinajstić information content (AvgIpc) is 2.89. The van der Waals surface area contributed by atoms with E-state index in [-0.39, 0.29) is 5.69 Å². The Kier molecular flexibility index (Phi) is 3.76. The van der Waals surface area contributed by atoms with Crippen molar-refractivity contribution in [2.45, 2.75) is 6.04 Å². The zero-order valence-corrected chi connectivity index (χ0v) is 10.6. The van der Waals surface area contributed by atoms with Crippen LogP contribution >= 0.6 is 11.3 Å². The van der Waals surface area contributed by atoms with Crippen LogP contribution in [0.5, 0.6) is 0 Å². The predicted octanol–water partition coefficient (Wildman–Crippen LogP) is 1.48. The molecule has 0 aromatic carbocycles. The summed E-state index contributed by atoms with van der Waals surface area (Å²) in [7, 11) is 0. The van der Waals surface area contributed by atoms with Gasteiger partial charge in [-0.05, 0) is 23.6 Å². The third kappa shape index (κ3) is 3.08. The number of aromatic nitrogens is 1. The lowest BCUT2D eigenvalue weighted by molar-refractivity contribution is -0.138. The number of primary amides is 1. The van der Waals surface area contributed by atoms with Crippen molar-refractivity contribution in [2.75, 3.05) is 5.32 Å².